The van der Waals surface area contributed by atoms with Gasteiger partial charge in [0.2, 0.25) is 5.91 Å². The Bertz CT molecular complexity index is 1330. The molecule has 1 saturated heterocycles. The molecule has 3 heterocycles. The number of nitro groups is 1. The molecule has 0 aliphatic carbocycles. The number of nitrogens with zero attached hydrogens (tertiary/aromatic N) is 4. The number of rotatable bonds is 7. The Morgan fingerprint density at radius 2 is 1.84 bits per heavy atom. The minimum atomic E-state index is -0.662. The number of amides is 1. The SMILES string of the molecule is CC1=C(C(=O)OCc2ccccc2)C(c2ccc([N+](=O)[O-])cc2)N2C(CC(=O)N3CCOCC3)=CSC2=N1. The van der Waals surface area contributed by atoms with E-state index < -0.39 is 16.9 Å². The van der Waals surface area contributed by atoms with E-state index >= 15 is 0 Å². The molecule has 0 aromatic heterocycles. The number of hydrogen-bond donors (Lipinski definition) is 0. The van der Waals surface area contributed by atoms with Gasteiger partial charge in [0.1, 0.15) is 6.61 Å². The lowest BCUT2D eigenvalue weighted by Gasteiger charge is -2.37. The maximum absolute atomic E-state index is 13.5. The number of aliphatic imine (C=N–C) groups is 1. The van der Waals surface area contributed by atoms with Gasteiger partial charge in [-0.05, 0) is 35.6 Å². The predicted octanol–water partition coefficient (Wildman–Crippen LogP) is 4.16. The lowest BCUT2D eigenvalue weighted by atomic mass is 9.93. The number of allylic oxidation sites excluding steroid dienone is 1. The van der Waals surface area contributed by atoms with Crippen molar-refractivity contribution >= 4 is 34.5 Å². The van der Waals surface area contributed by atoms with E-state index in [-0.39, 0.29) is 24.6 Å². The molecule has 1 amide bonds. The highest BCUT2D eigenvalue weighted by Gasteiger charge is 2.41. The molecule has 0 radical (unpaired) electrons. The topological polar surface area (TPSA) is 115 Å². The number of non-ortho nitro benzene ring substituents is 1. The van der Waals surface area contributed by atoms with Crippen molar-refractivity contribution in [1.29, 1.82) is 0 Å². The zero-order valence-electron chi connectivity index (χ0n) is 20.7. The van der Waals surface area contributed by atoms with E-state index in [2.05, 4.69) is 4.99 Å². The monoisotopic (exact) mass is 534 g/mol. The van der Waals surface area contributed by atoms with Gasteiger partial charge in [-0.1, -0.05) is 42.1 Å². The molecule has 2 aromatic rings. The fourth-order valence-electron chi connectivity index (χ4n) is 4.60. The number of esters is 1. The van der Waals surface area contributed by atoms with Crippen LogP contribution in [0.3, 0.4) is 0 Å². The number of carbonyl (C=O) groups is 2. The Morgan fingerprint density at radius 3 is 2.53 bits per heavy atom. The number of nitro benzene ring substituents is 1. The summed E-state index contributed by atoms with van der Waals surface area (Å²) in [6.07, 6.45) is 0.126. The third kappa shape index (κ3) is 5.34. The number of morpholine rings is 1. The van der Waals surface area contributed by atoms with Gasteiger partial charge >= 0.3 is 5.97 Å². The van der Waals surface area contributed by atoms with Crippen LogP contribution in [0.4, 0.5) is 5.69 Å². The van der Waals surface area contributed by atoms with Crippen LogP contribution in [-0.2, 0) is 25.7 Å². The van der Waals surface area contributed by atoms with Crippen LogP contribution in [-0.4, -0.2) is 58.1 Å². The van der Waals surface area contributed by atoms with Crippen molar-refractivity contribution in [2.75, 3.05) is 26.3 Å². The maximum atomic E-state index is 13.5. The van der Waals surface area contributed by atoms with Crippen LogP contribution in [0.15, 0.2) is 82.0 Å². The van der Waals surface area contributed by atoms with Gasteiger partial charge in [-0.25, -0.2) is 9.79 Å². The molecule has 1 unspecified atom stereocenters. The van der Waals surface area contributed by atoms with Crippen LogP contribution < -0.4 is 0 Å². The lowest BCUT2D eigenvalue weighted by molar-refractivity contribution is -0.384. The number of carbonyl (C=O) groups excluding carboxylic acids is 2. The van der Waals surface area contributed by atoms with E-state index in [9.17, 15) is 19.7 Å². The summed E-state index contributed by atoms with van der Waals surface area (Å²) in [6.45, 7) is 3.90. The number of benzene rings is 2. The molecular formula is C27H26N4O6S. The lowest BCUT2D eigenvalue weighted by Crippen LogP contribution is -2.42. The van der Waals surface area contributed by atoms with Crippen molar-refractivity contribution in [3.05, 3.63) is 98.2 Å². The van der Waals surface area contributed by atoms with Crippen LogP contribution in [0.1, 0.15) is 30.5 Å². The van der Waals surface area contributed by atoms with Crippen molar-refractivity contribution < 1.29 is 24.0 Å². The highest BCUT2D eigenvalue weighted by molar-refractivity contribution is 8.16. The quantitative estimate of drug-likeness (QED) is 0.296. The van der Waals surface area contributed by atoms with E-state index in [1.807, 2.05) is 40.6 Å². The molecule has 11 heteroatoms. The van der Waals surface area contributed by atoms with Crippen LogP contribution >= 0.6 is 11.8 Å². The Morgan fingerprint density at radius 1 is 1.13 bits per heavy atom. The molecule has 1 fully saturated rings. The second-order valence-electron chi connectivity index (χ2n) is 8.97. The molecule has 5 rings (SSSR count). The first-order chi connectivity index (χ1) is 18.4. The smallest absolute Gasteiger partial charge is 0.338 e. The number of fused-ring (bicyclic) bond motifs is 1. The first kappa shape index (κ1) is 25.7. The minimum Gasteiger partial charge on any atom is -0.457 e. The van der Waals surface area contributed by atoms with Crippen molar-refractivity contribution in [2.45, 2.75) is 26.0 Å². The van der Waals surface area contributed by atoms with E-state index in [1.165, 1.54) is 23.9 Å². The summed E-state index contributed by atoms with van der Waals surface area (Å²) < 4.78 is 11.1. The second-order valence-corrected chi connectivity index (χ2v) is 9.81. The fraction of sp³-hybridized carbons (Fsp3) is 0.296. The van der Waals surface area contributed by atoms with E-state index in [4.69, 9.17) is 9.47 Å². The Kier molecular flexibility index (Phi) is 7.57. The Labute approximate surface area is 223 Å². The van der Waals surface area contributed by atoms with Gasteiger partial charge in [0.25, 0.3) is 5.69 Å². The summed E-state index contributed by atoms with van der Waals surface area (Å²) in [5.41, 5.74) is 2.97. The highest BCUT2D eigenvalue weighted by Crippen LogP contribution is 2.45. The molecule has 2 aromatic carbocycles. The molecule has 10 nitrogen and oxygen atoms in total. The molecular weight excluding hydrogens is 508 g/mol. The third-order valence-electron chi connectivity index (χ3n) is 6.55. The van der Waals surface area contributed by atoms with Gasteiger partial charge in [0.05, 0.1) is 41.9 Å². The molecule has 38 heavy (non-hydrogen) atoms. The molecule has 0 N–H and O–H groups in total. The number of ether oxygens (including phenoxy) is 2. The van der Waals surface area contributed by atoms with Crippen molar-refractivity contribution in [1.82, 2.24) is 9.80 Å². The summed E-state index contributed by atoms with van der Waals surface area (Å²) in [7, 11) is 0. The van der Waals surface area contributed by atoms with Crippen molar-refractivity contribution in [3.63, 3.8) is 0 Å². The van der Waals surface area contributed by atoms with Gasteiger partial charge in [-0.3, -0.25) is 14.9 Å². The highest BCUT2D eigenvalue weighted by atomic mass is 32.2. The summed E-state index contributed by atoms with van der Waals surface area (Å²) in [4.78, 5) is 45.7. The number of hydrogen-bond acceptors (Lipinski definition) is 9. The third-order valence-corrected chi connectivity index (χ3v) is 7.44. The average molecular weight is 535 g/mol. The molecule has 0 spiro atoms. The maximum Gasteiger partial charge on any atom is 0.338 e. The van der Waals surface area contributed by atoms with Gasteiger partial charge in [-0.15, -0.1) is 0 Å². The van der Waals surface area contributed by atoms with Crippen LogP contribution in [0, 0.1) is 10.1 Å². The standard InChI is InChI=1S/C27H26N4O6S/c1-18-24(26(33)37-16-19-5-3-2-4-6-19)25(20-7-9-21(10-8-20)31(34)35)30-22(17-38-27(30)28-18)15-23(32)29-11-13-36-14-12-29/h2-10,17,25H,11-16H2,1H3. The number of amidine groups is 1. The summed E-state index contributed by atoms with van der Waals surface area (Å²) >= 11 is 1.38. The number of thioether (sulfide) groups is 1. The van der Waals surface area contributed by atoms with Crippen LogP contribution in [0.25, 0.3) is 0 Å². The van der Waals surface area contributed by atoms with Gasteiger partial charge in [0, 0.05) is 30.9 Å². The molecule has 196 valence electrons. The molecule has 1 atom stereocenters. The van der Waals surface area contributed by atoms with Gasteiger partial charge in [0.15, 0.2) is 5.17 Å². The summed E-state index contributed by atoms with van der Waals surface area (Å²) in [6, 6.07) is 14.8. The summed E-state index contributed by atoms with van der Waals surface area (Å²) in [5, 5.41) is 13.8. The minimum absolute atomic E-state index is 0.0386. The Balaban J connectivity index is 1.47. The van der Waals surface area contributed by atoms with E-state index in [0.29, 0.717) is 54.0 Å². The van der Waals surface area contributed by atoms with Gasteiger partial charge in [-0.2, -0.15) is 0 Å². The largest absolute Gasteiger partial charge is 0.457 e. The average Bonchev–Trinajstić information content (AvgIpc) is 3.33. The summed E-state index contributed by atoms with van der Waals surface area (Å²) in [5.74, 6) is -0.573. The van der Waals surface area contributed by atoms with Crippen molar-refractivity contribution in [2.24, 2.45) is 4.99 Å². The predicted molar refractivity (Wildman–Crippen MR) is 142 cm³/mol. The normalized spacial score (nSPS) is 19.0. The van der Waals surface area contributed by atoms with Gasteiger partial charge < -0.3 is 19.3 Å². The molecule has 0 bridgehead atoms. The van der Waals surface area contributed by atoms with Crippen LogP contribution in [0.5, 0.6) is 0 Å². The molecule has 3 aliphatic heterocycles. The van der Waals surface area contributed by atoms with Crippen LogP contribution in [0.2, 0.25) is 0 Å². The molecule has 3 aliphatic rings. The zero-order chi connectivity index (χ0) is 26.6. The Hall–Kier alpha value is -3.96. The van der Waals surface area contributed by atoms with E-state index in [0.717, 1.165) is 5.56 Å². The first-order valence-corrected chi connectivity index (χ1v) is 13.1. The van der Waals surface area contributed by atoms with E-state index in [1.54, 1.807) is 24.0 Å². The molecule has 0 saturated carbocycles. The second kappa shape index (κ2) is 11.2. The first-order valence-electron chi connectivity index (χ1n) is 12.2. The fourth-order valence-corrected chi connectivity index (χ4v) is 5.57. The van der Waals surface area contributed by atoms with Crippen molar-refractivity contribution in [3.8, 4) is 0 Å². The zero-order valence-corrected chi connectivity index (χ0v) is 21.6.